The van der Waals surface area contributed by atoms with E-state index in [-0.39, 0.29) is 12.4 Å². The molecule has 0 saturated carbocycles. The molecule has 2 aromatic rings. The molecule has 0 atom stereocenters. The molecule has 0 aromatic heterocycles. The highest BCUT2D eigenvalue weighted by molar-refractivity contribution is 5.17. The lowest BCUT2D eigenvalue weighted by Crippen LogP contribution is -3.14. The first-order chi connectivity index (χ1) is 11.4. The fourth-order valence-electron chi connectivity index (χ4n) is 3.12. The number of ether oxygens (including phenoxy) is 1. The standard InChI is InChI=1S/C20H26N2O.ClH/c1-3-7-19(8-4-1)17-22(18-20-9-5-2-6-10-20)12-11-21-13-15-23-16-14-21;/h1-10H,11-18H2;1H. The van der Waals surface area contributed by atoms with E-state index in [4.69, 9.17) is 4.74 Å². The van der Waals surface area contributed by atoms with Crippen molar-refractivity contribution < 1.29 is 22.0 Å². The Morgan fingerprint density at radius 2 is 1.29 bits per heavy atom. The van der Waals surface area contributed by atoms with Crippen LogP contribution in [-0.2, 0) is 17.8 Å². The Bertz CT molecular complexity index is 517. The molecule has 1 fully saturated rings. The minimum atomic E-state index is 0. The monoisotopic (exact) mass is 346 g/mol. The smallest absolute Gasteiger partial charge is 0.101 e. The number of hydrogen-bond donors (Lipinski definition) is 1. The van der Waals surface area contributed by atoms with Gasteiger partial charge in [-0.2, -0.15) is 0 Å². The van der Waals surface area contributed by atoms with Gasteiger partial charge in [-0.3, -0.25) is 4.90 Å². The molecule has 1 N–H and O–H groups in total. The number of morpholine rings is 1. The topological polar surface area (TPSA) is 16.9 Å². The summed E-state index contributed by atoms with van der Waals surface area (Å²) in [5, 5.41) is 0. The number of benzene rings is 2. The van der Waals surface area contributed by atoms with Gasteiger partial charge in [0.2, 0.25) is 0 Å². The summed E-state index contributed by atoms with van der Waals surface area (Å²) in [6.45, 7) is 8.45. The van der Waals surface area contributed by atoms with Crippen LogP contribution in [0.3, 0.4) is 0 Å². The van der Waals surface area contributed by atoms with Crippen LogP contribution in [0, 0.1) is 0 Å². The maximum atomic E-state index is 5.46. The first-order valence-corrected chi connectivity index (χ1v) is 8.62. The second kappa shape index (κ2) is 10.5. The van der Waals surface area contributed by atoms with Crippen LogP contribution in [0.5, 0.6) is 0 Å². The van der Waals surface area contributed by atoms with Crippen molar-refractivity contribution in [3.63, 3.8) is 0 Å². The van der Waals surface area contributed by atoms with E-state index in [1.807, 2.05) is 0 Å². The molecule has 0 bridgehead atoms. The van der Waals surface area contributed by atoms with E-state index in [1.165, 1.54) is 17.7 Å². The van der Waals surface area contributed by atoms with Gasteiger partial charge in [0.1, 0.15) is 13.1 Å². The number of halogens is 1. The summed E-state index contributed by atoms with van der Waals surface area (Å²) in [4.78, 5) is 4.23. The molecule has 0 amide bonds. The van der Waals surface area contributed by atoms with E-state index in [0.29, 0.717) is 0 Å². The highest BCUT2D eigenvalue weighted by atomic mass is 35.5. The molecule has 130 valence electrons. The average Bonchev–Trinajstić information content (AvgIpc) is 2.62. The first-order valence-electron chi connectivity index (χ1n) is 8.62. The van der Waals surface area contributed by atoms with Gasteiger partial charge in [-0.25, -0.2) is 0 Å². The number of nitrogens with one attached hydrogen (secondary N) is 1. The van der Waals surface area contributed by atoms with Gasteiger partial charge in [-0.15, -0.1) is 0 Å². The third kappa shape index (κ3) is 6.25. The average molecular weight is 347 g/mol. The van der Waals surface area contributed by atoms with Crippen LogP contribution >= 0.6 is 0 Å². The Kier molecular flexibility index (Phi) is 8.26. The third-order valence-electron chi connectivity index (χ3n) is 4.48. The van der Waals surface area contributed by atoms with Crippen molar-refractivity contribution in [3.05, 3.63) is 71.8 Å². The molecule has 4 heteroatoms. The van der Waals surface area contributed by atoms with Crippen molar-refractivity contribution in [2.24, 2.45) is 0 Å². The van der Waals surface area contributed by atoms with Crippen LogP contribution in [0.1, 0.15) is 11.1 Å². The Morgan fingerprint density at radius 3 is 1.79 bits per heavy atom. The number of rotatable bonds is 7. The Morgan fingerprint density at radius 1 is 0.792 bits per heavy atom. The van der Waals surface area contributed by atoms with Crippen LogP contribution in [0.15, 0.2) is 60.7 Å². The van der Waals surface area contributed by atoms with Crippen molar-refractivity contribution >= 4 is 0 Å². The molecule has 3 rings (SSSR count). The molecule has 24 heavy (non-hydrogen) atoms. The number of quaternary nitrogens is 1. The second-order valence-corrected chi connectivity index (χ2v) is 6.29. The first kappa shape index (κ1) is 18.9. The Balaban J connectivity index is 0.00000208. The molecule has 1 heterocycles. The largest absolute Gasteiger partial charge is 1.00 e. The molecule has 0 unspecified atom stereocenters. The molecule has 0 radical (unpaired) electrons. The summed E-state index contributed by atoms with van der Waals surface area (Å²) in [5.41, 5.74) is 2.78. The Hall–Kier alpha value is -1.39. The number of hydrogen-bond acceptors (Lipinski definition) is 2. The normalized spacial score (nSPS) is 15.2. The predicted octanol–water partition coefficient (Wildman–Crippen LogP) is -1.39. The zero-order chi connectivity index (χ0) is 15.7. The van der Waals surface area contributed by atoms with Crippen molar-refractivity contribution in [3.8, 4) is 0 Å². The van der Waals surface area contributed by atoms with Gasteiger partial charge in [0.05, 0.1) is 19.8 Å². The van der Waals surface area contributed by atoms with Gasteiger partial charge < -0.3 is 22.0 Å². The summed E-state index contributed by atoms with van der Waals surface area (Å²) < 4.78 is 5.46. The molecule has 3 nitrogen and oxygen atoms in total. The maximum absolute atomic E-state index is 5.46. The molecular weight excluding hydrogens is 320 g/mol. The van der Waals surface area contributed by atoms with Crippen LogP contribution in [-0.4, -0.2) is 44.3 Å². The summed E-state index contributed by atoms with van der Waals surface area (Å²) >= 11 is 0. The van der Waals surface area contributed by atoms with Crippen LogP contribution in [0.2, 0.25) is 0 Å². The summed E-state index contributed by atoms with van der Waals surface area (Å²) in [6, 6.07) is 21.6. The summed E-state index contributed by atoms with van der Waals surface area (Å²) in [5.74, 6) is 0. The van der Waals surface area contributed by atoms with E-state index < -0.39 is 0 Å². The fraction of sp³-hybridized carbons (Fsp3) is 0.400. The second-order valence-electron chi connectivity index (χ2n) is 6.29. The molecule has 0 aliphatic carbocycles. The molecule has 0 spiro atoms. The molecule has 2 aromatic carbocycles. The SMILES string of the molecule is [Cl-].c1ccc(CN(CC[NH+]2CCOCC2)Cc2ccccc2)cc1. The van der Waals surface area contributed by atoms with Crippen LogP contribution in [0.25, 0.3) is 0 Å². The zero-order valence-corrected chi connectivity index (χ0v) is 14.9. The quantitative estimate of drug-likeness (QED) is 0.665. The lowest BCUT2D eigenvalue weighted by Gasteiger charge is -2.28. The van der Waals surface area contributed by atoms with E-state index in [2.05, 4.69) is 65.6 Å². The zero-order valence-electron chi connectivity index (χ0n) is 14.2. The van der Waals surface area contributed by atoms with Crippen molar-refractivity contribution in [1.29, 1.82) is 0 Å². The molecule has 1 aliphatic heterocycles. The third-order valence-corrected chi connectivity index (χ3v) is 4.48. The van der Waals surface area contributed by atoms with Crippen molar-refractivity contribution in [2.45, 2.75) is 13.1 Å². The van der Waals surface area contributed by atoms with E-state index >= 15 is 0 Å². The van der Waals surface area contributed by atoms with Gasteiger partial charge in [-0.1, -0.05) is 60.7 Å². The predicted molar refractivity (Wildman–Crippen MR) is 93.4 cm³/mol. The van der Waals surface area contributed by atoms with E-state index in [1.54, 1.807) is 4.90 Å². The minimum absolute atomic E-state index is 0. The Labute approximate surface area is 151 Å². The molecule has 1 saturated heterocycles. The highest BCUT2D eigenvalue weighted by Crippen LogP contribution is 2.09. The van der Waals surface area contributed by atoms with Crippen LogP contribution < -0.4 is 17.3 Å². The van der Waals surface area contributed by atoms with Gasteiger partial charge in [0, 0.05) is 19.6 Å². The van der Waals surface area contributed by atoms with Gasteiger partial charge in [-0.05, 0) is 11.1 Å². The molecular formula is C20H27ClN2O. The maximum Gasteiger partial charge on any atom is 0.101 e. The summed E-state index contributed by atoms with van der Waals surface area (Å²) in [6.07, 6.45) is 0. The number of nitrogens with zero attached hydrogens (tertiary/aromatic N) is 1. The van der Waals surface area contributed by atoms with Gasteiger partial charge in [0.15, 0.2) is 0 Å². The van der Waals surface area contributed by atoms with Crippen molar-refractivity contribution in [1.82, 2.24) is 4.90 Å². The van der Waals surface area contributed by atoms with E-state index in [9.17, 15) is 0 Å². The van der Waals surface area contributed by atoms with Crippen LogP contribution in [0.4, 0.5) is 0 Å². The van der Waals surface area contributed by atoms with Gasteiger partial charge in [0.25, 0.3) is 0 Å². The van der Waals surface area contributed by atoms with Gasteiger partial charge >= 0.3 is 0 Å². The lowest BCUT2D eigenvalue weighted by atomic mass is 10.1. The summed E-state index contributed by atoms with van der Waals surface area (Å²) in [7, 11) is 0. The van der Waals surface area contributed by atoms with Crippen molar-refractivity contribution in [2.75, 3.05) is 39.4 Å². The highest BCUT2D eigenvalue weighted by Gasteiger charge is 2.16. The van der Waals surface area contributed by atoms with E-state index in [0.717, 1.165) is 45.9 Å². The fourth-order valence-corrected chi connectivity index (χ4v) is 3.12. The lowest BCUT2D eigenvalue weighted by molar-refractivity contribution is -0.907. The minimum Gasteiger partial charge on any atom is -1.00 e. The molecule has 1 aliphatic rings.